The van der Waals surface area contributed by atoms with E-state index in [1.165, 1.54) is 19.2 Å². The van der Waals surface area contributed by atoms with Gasteiger partial charge in [0.2, 0.25) is 5.91 Å². The number of carbonyl (C=O) groups is 2. The number of anilines is 1. The SMILES string of the molecule is COC(=O)c1ccc(NC(=O)[C@@H](N)CCSC)cc1Cl.Cl. The van der Waals surface area contributed by atoms with Crippen molar-refractivity contribution in [2.24, 2.45) is 5.73 Å². The molecule has 0 saturated carbocycles. The zero-order valence-electron chi connectivity index (χ0n) is 11.7. The number of halogens is 2. The number of carbonyl (C=O) groups excluding carboxylic acids is 2. The van der Waals surface area contributed by atoms with Crippen LogP contribution in [-0.4, -0.2) is 37.0 Å². The Labute approximate surface area is 139 Å². The first-order valence-electron chi connectivity index (χ1n) is 5.92. The molecule has 0 radical (unpaired) electrons. The number of hydrogen-bond donors (Lipinski definition) is 2. The van der Waals surface area contributed by atoms with Crippen LogP contribution in [0.25, 0.3) is 0 Å². The Morgan fingerprint density at radius 1 is 1.48 bits per heavy atom. The van der Waals surface area contributed by atoms with Gasteiger partial charge in [0.1, 0.15) is 0 Å². The summed E-state index contributed by atoms with van der Waals surface area (Å²) in [5.74, 6) is 0.0156. The molecule has 5 nitrogen and oxygen atoms in total. The monoisotopic (exact) mass is 352 g/mol. The highest BCUT2D eigenvalue weighted by atomic mass is 35.5. The Bertz CT molecular complexity index is 500. The number of nitrogens with two attached hydrogens (primary N) is 1. The third-order valence-electron chi connectivity index (χ3n) is 2.61. The van der Waals surface area contributed by atoms with Gasteiger partial charge in [-0.1, -0.05) is 11.6 Å². The minimum absolute atomic E-state index is 0. The van der Waals surface area contributed by atoms with Gasteiger partial charge >= 0.3 is 5.97 Å². The number of hydrogen-bond acceptors (Lipinski definition) is 5. The van der Waals surface area contributed by atoms with Crippen molar-refractivity contribution in [3.63, 3.8) is 0 Å². The van der Waals surface area contributed by atoms with Crippen LogP contribution in [-0.2, 0) is 9.53 Å². The first-order valence-corrected chi connectivity index (χ1v) is 7.70. The van der Waals surface area contributed by atoms with Gasteiger partial charge in [0.15, 0.2) is 0 Å². The van der Waals surface area contributed by atoms with E-state index in [0.717, 1.165) is 5.75 Å². The molecule has 8 heteroatoms. The minimum atomic E-state index is -0.568. The molecule has 0 bridgehead atoms. The number of esters is 1. The number of thioether (sulfide) groups is 1. The van der Waals surface area contributed by atoms with E-state index in [1.54, 1.807) is 17.8 Å². The summed E-state index contributed by atoms with van der Waals surface area (Å²) in [5.41, 5.74) is 6.50. The molecule has 1 aromatic carbocycles. The van der Waals surface area contributed by atoms with E-state index >= 15 is 0 Å². The Morgan fingerprint density at radius 3 is 2.67 bits per heavy atom. The van der Waals surface area contributed by atoms with E-state index in [1.807, 2.05) is 6.26 Å². The van der Waals surface area contributed by atoms with E-state index in [0.29, 0.717) is 12.1 Å². The van der Waals surface area contributed by atoms with Gasteiger partial charge in [0.05, 0.1) is 23.7 Å². The summed E-state index contributed by atoms with van der Waals surface area (Å²) in [5, 5.41) is 2.88. The summed E-state index contributed by atoms with van der Waals surface area (Å²) in [6.07, 6.45) is 2.55. The van der Waals surface area contributed by atoms with Crippen molar-refractivity contribution in [2.45, 2.75) is 12.5 Å². The maximum atomic E-state index is 11.8. The van der Waals surface area contributed by atoms with Crippen molar-refractivity contribution < 1.29 is 14.3 Å². The molecule has 0 aliphatic carbocycles. The molecular weight excluding hydrogens is 335 g/mol. The molecule has 0 aliphatic rings. The summed E-state index contributed by atoms with van der Waals surface area (Å²) < 4.78 is 4.59. The van der Waals surface area contributed by atoms with Crippen LogP contribution >= 0.6 is 35.8 Å². The highest BCUT2D eigenvalue weighted by Gasteiger charge is 2.15. The quantitative estimate of drug-likeness (QED) is 0.769. The number of benzene rings is 1. The van der Waals surface area contributed by atoms with Crippen molar-refractivity contribution in [3.05, 3.63) is 28.8 Å². The molecular formula is C13H18Cl2N2O3S. The molecule has 1 rings (SSSR count). The van der Waals surface area contributed by atoms with Gasteiger partial charge in [-0.3, -0.25) is 4.79 Å². The summed E-state index contributed by atoms with van der Waals surface area (Å²) in [6, 6.07) is 4.00. The summed E-state index contributed by atoms with van der Waals surface area (Å²) in [4.78, 5) is 23.2. The lowest BCUT2D eigenvalue weighted by molar-refractivity contribution is -0.117. The standard InChI is InChI=1S/C13H17ClN2O3S.ClH/c1-19-13(18)9-4-3-8(7-10(9)14)16-12(17)11(15)5-6-20-2;/h3-4,7,11H,5-6,15H2,1-2H3,(H,16,17);1H/t11-;/m0./s1. The summed E-state index contributed by atoms with van der Waals surface area (Å²) >= 11 is 7.59. The Kier molecular flexibility index (Phi) is 9.44. The van der Waals surface area contributed by atoms with E-state index in [2.05, 4.69) is 10.1 Å². The molecule has 1 atom stereocenters. The molecule has 118 valence electrons. The zero-order valence-corrected chi connectivity index (χ0v) is 14.1. The van der Waals surface area contributed by atoms with Crippen LogP contribution in [0.5, 0.6) is 0 Å². The Balaban J connectivity index is 0.00000400. The van der Waals surface area contributed by atoms with Crippen LogP contribution in [0.15, 0.2) is 18.2 Å². The zero-order chi connectivity index (χ0) is 15.1. The highest BCUT2D eigenvalue weighted by Crippen LogP contribution is 2.21. The van der Waals surface area contributed by atoms with Crippen LogP contribution in [0.1, 0.15) is 16.8 Å². The fourth-order valence-electron chi connectivity index (χ4n) is 1.48. The van der Waals surface area contributed by atoms with Crippen LogP contribution < -0.4 is 11.1 Å². The smallest absolute Gasteiger partial charge is 0.339 e. The predicted octanol–water partition coefficient (Wildman–Crippen LogP) is 2.57. The minimum Gasteiger partial charge on any atom is -0.465 e. The third kappa shape index (κ3) is 6.13. The Hall–Kier alpha value is -0.950. The van der Waals surface area contributed by atoms with Crippen molar-refractivity contribution in [1.82, 2.24) is 0 Å². The average Bonchev–Trinajstić information content (AvgIpc) is 2.44. The van der Waals surface area contributed by atoms with Gasteiger partial charge in [-0.2, -0.15) is 11.8 Å². The second kappa shape index (κ2) is 9.89. The molecule has 0 saturated heterocycles. The molecule has 0 aliphatic heterocycles. The molecule has 0 spiro atoms. The summed E-state index contributed by atoms with van der Waals surface area (Å²) in [6.45, 7) is 0. The van der Waals surface area contributed by atoms with Crippen molar-refractivity contribution in [3.8, 4) is 0 Å². The number of ether oxygens (including phenoxy) is 1. The van der Waals surface area contributed by atoms with Gasteiger partial charge in [-0.05, 0) is 36.6 Å². The number of rotatable bonds is 6. The van der Waals surface area contributed by atoms with Crippen LogP contribution in [0.3, 0.4) is 0 Å². The largest absolute Gasteiger partial charge is 0.465 e. The number of amides is 1. The first-order chi connectivity index (χ1) is 9.49. The second-order valence-corrected chi connectivity index (χ2v) is 5.46. The van der Waals surface area contributed by atoms with Gasteiger partial charge in [0.25, 0.3) is 0 Å². The van der Waals surface area contributed by atoms with Gasteiger partial charge < -0.3 is 15.8 Å². The van der Waals surface area contributed by atoms with Crippen LogP contribution in [0.4, 0.5) is 5.69 Å². The Morgan fingerprint density at radius 2 is 2.14 bits per heavy atom. The van der Waals surface area contributed by atoms with Gasteiger partial charge in [-0.25, -0.2) is 4.79 Å². The van der Waals surface area contributed by atoms with Crippen LogP contribution in [0.2, 0.25) is 5.02 Å². The van der Waals surface area contributed by atoms with Crippen molar-refractivity contribution >= 4 is 53.3 Å². The first kappa shape index (κ1) is 20.1. The average molecular weight is 353 g/mol. The van der Waals surface area contributed by atoms with Crippen LogP contribution in [0, 0.1) is 0 Å². The van der Waals surface area contributed by atoms with E-state index in [4.69, 9.17) is 17.3 Å². The lowest BCUT2D eigenvalue weighted by Crippen LogP contribution is -2.36. The maximum absolute atomic E-state index is 11.8. The van der Waals surface area contributed by atoms with E-state index in [9.17, 15) is 9.59 Å². The molecule has 1 aromatic rings. The van der Waals surface area contributed by atoms with E-state index < -0.39 is 12.0 Å². The third-order valence-corrected chi connectivity index (χ3v) is 3.57. The van der Waals surface area contributed by atoms with Crippen molar-refractivity contribution in [2.75, 3.05) is 24.4 Å². The maximum Gasteiger partial charge on any atom is 0.339 e. The molecule has 0 unspecified atom stereocenters. The molecule has 0 fully saturated rings. The fraction of sp³-hybridized carbons (Fsp3) is 0.385. The summed E-state index contributed by atoms with van der Waals surface area (Å²) in [7, 11) is 1.28. The lowest BCUT2D eigenvalue weighted by atomic mass is 10.2. The van der Waals surface area contributed by atoms with E-state index in [-0.39, 0.29) is 28.9 Å². The highest BCUT2D eigenvalue weighted by molar-refractivity contribution is 7.98. The second-order valence-electron chi connectivity index (χ2n) is 4.06. The molecule has 3 N–H and O–H groups in total. The molecule has 0 heterocycles. The van der Waals surface area contributed by atoms with Gasteiger partial charge in [0, 0.05) is 5.69 Å². The molecule has 1 amide bonds. The lowest BCUT2D eigenvalue weighted by Gasteiger charge is -2.12. The van der Waals surface area contributed by atoms with Gasteiger partial charge in [-0.15, -0.1) is 12.4 Å². The molecule has 0 aromatic heterocycles. The number of nitrogens with one attached hydrogen (secondary N) is 1. The number of methoxy groups -OCH3 is 1. The fourth-order valence-corrected chi connectivity index (χ4v) is 2.23. The topological polar surface area (TPSA) is 81.4 Å². The predicted molar refractivity (Wildman–Crippen MR) is 89.6 cm³/mol. The molecule has 21 heavy (non-hydrogen) atoms. The normalized spacial score (nSPS) is 11.2. The van der Waals surface area contributed by atoms with Crippen molar-refractivity contribution in [1.29, 1.82) is 0 Å².